The Kier molecular flexibility index (Phi) is 2.58. The molecule has 1 aliphatic rings. The SMILES string of the molecule is Cc1c(F)cccc1-n1nc(C(=O)O)nc1C1CC1. The van der Waals surface area contributed by atoms with Crippen LogP contribution in [0.15, 0.2) is 18.2 Å². The summed E-state index contributed by atoms with van der Waals surface area (Å²) in [6, 6.07) is 4.66. The Hall–Kier alpha value is -2.24. The van der Waals surface area contributed by atoms with E-state index in [0.29, 0.717) is 17.1 Å². The summed E-state index contributed by atoms with van der Waals surface area (Å²) < 4.78 is 15.1. The van der Waals surface area contributed by atoms with Crippen LogP contribution in [-0.2, 0) is 0 Å². The highest BCUT2D eigenvalue weighted by Gasteiger charge is 2.32. The van der Waals surface area contributed by atoms with Gasteiger partial charge in [-0.05, 0) is 31.9 Å². The second-order valence-electron chi connectivity index (χ2n) is 4.67. The lowest BCUT2D eigenvalue weighted by atomic mass is 10.2. The quantitative estimate of drug-likeness (QED) is 0.920. The number of rotatable bonds is 3. The zero-order valence-corrected chi connectivity index (χ0v) is 10.3. The largest absolute Gasteiger partial charge is 0.475 e. The topological polar surface area (TPSA) is 68.0 Å². The predicted molar refractivity (Wildman–Crippen MR) is 65.0 cm³/mol. The molecule has 3 rings (SSSR count). The van der Waals surface area contributed by atoms with Gasteiger partial charge in [0.2, 0.25) is 0 Å². The molecular formula is C13H12FN3O2. The summed E-state index contributed by atoms with van der Waals surface area (Å²) in [5, 5.41) is 13.0. The minimum absolute atomic E-state index is 0.225. The maximum Gasteiger partial charge on any atom is 0.375 e. The van der Waals surface area contributed by atoms with E-state index in [0.717, 1.165) is 12.8 Å². The Labute approximate surface area is 108 Å². The molecule has 1 aromatic carbocycles. The molecule has 0 unspecified atom stereocenters. The Morgan fingerprint density at radius 3 is 2.84 bits per heavy atom. The van der Waals surface area contributed by atoms with E-state index in [1.54, 1.807) is 19.1 Å². The average Bonchev–Trinajstić information content (AvgIpc) is 3.12. The zero-order chi connectivity index (χ0) is 13.6. The summed E-state index contributed by atoms with van der Waals surface area (Å²) in [6.07, 6.45) is 1.93. The molecule has 1 fully saturated rings. The van der Waals surface area contributed by atoms with Crippen molar-refractivity contribution in [1.29, 1.82) is 0 Å². The Bertz CT molecular complexity index is 662. The van der Waals surface area contributed by atoms with Crippen molar-refractivity contribution in [1.82, 2.24) is 14.8 Å². The van der Waals surface area contributed by atoms with Crippen LogP contribution in [0.1, 0.15) is 40.8 Å². The van der Waals surface area contributed by atoms with Crippen molar-refractivity contribution >= 4 is 5.97 Å². The highest BCUT2D eigenvalue weighted by Crippen LogP contribution is 2.40. The van der Waals surface area contributed by atoms with Crippen LogP contribution >= 0.6 is 0 Å². The zero-order valence-electron chi connectivity index (χ0n) is 10.3. The van der Waals surface area contributed by atoms with Gasteiger partial charge < -0.3 is 5.11 Å². The van der Waals surface area contributed by atoms with Crippen LogP contribution in [0.5, 0.6) is 0 Å². The molecule has 1 N–H and O–H groups in total. The van der Waals surface area contributed by atoms with Crippen molar-refractivity contribution in [2.45, 2.75) is 25.7 Å². The van der Waals surface area contributed by atoms with Gasteiger partial charge in [0.25, 0.3) is 5.82 Å². The third-order valence-corrected chi connectivity index (χ3v) is 3.23. The van der Waals surface area contributed by atoms with Crippen molar-refractivity contribution in [3.8, 4) is 5.69 Å². The molecule has 0 spiro atoms. The van der Waals surface area contributed by atoms with Gasteiger partial charge in [-0.25, -0.2) is 18.9 Å². The van der Waals surface area contributed by atoms with Crippen molar-refractivity contribution in [3.63, 3.8) is 0 Å². The Morgan fingerprint density at radius 2 is 2.21 bits per heavy atom. The molecule has 5 nitrogen and oxygen atoms in total. The molecule has 0 bridgehead atoms. The summed E-state index contributed by atoms with van der Waals surface area (Å²) in [4.78, 5) is 15.0. The fraction of sp³-hybridized carbons (Fsp3) is 0.308. The molecule has 0 radical (unpaired) electrons. The summed E-state index contributed by atoms with van der Waals surface area (Å²) in [6.45, 7) is 1.64. The molecule has 0 amide bonds. The Morgan fingerprint density at radius 1 is 1.47 bits per heavy atom. The van der Waals surface area contributed by atoms with Gasteiger partial charge in [-0.3, -0.25) is 0 Å². The average molecular weight is 261 g/mol. The van der Waals surface area contributed by atoms with Crippen molar-refractivity contribution in [3.05, 3.63) is 41.2 Å². The molecule has 0 atom stereocenters. The number of nitrogens with zero attached hydrogens (tertiary/aromatic N) is 3. The number of carboxylic acids is 1. The van der Waals surface area contributed by atoms with E-state index < -0.39 is 5.97 Å². The lowest BCUT2D eigenvalue weighted by molar-refractivity contribution is 0.0683. The number of halogens is 1. The first-order valence-electron chi connectivity index (χ1n) is 6.03. The first kappa shape index (κ1) is 11.8. The summed E-state index contributed by atoms with van der Waals surface area (Å²) in [5.41, 5.74) is 0.980. The third kappa shape index (κ3) is 1.99. The smallest absolute Gasteiger partial charge is 0.375 e. The van der Waals surface area contributed by atoms with Crippen molar-refractivity contribution < 1.29 is 14.3 Å². The molecule has 1 aromatic heterocycles. The van der Waals surface area contributed by atoms with Crippen LogP contribution in [0.2, 0.25) is 0 Å². The second-order valence-corrected chi connectivity index (χ2v) is 4.67. The molecular weight excluding hydrogens is 249 g/mol. The number of aromatic carboxylic acids is 1. The van der Waals surface area contributed by atoms with Crippen LogP contribution in [0.4, 0.5) is 4.39 Å². The summed E-state index contributed by atoms with van der Waals surface area (Å²) in [5.74, 6) is -0.929. The number of hydrogen-bond acceptors (Lipinski definition) is 3. The van der Waals surface area contributed by atoms with Crippen LogP contribution in [0.3, 0.4) is 0 Å². The number of carboxylic acid groups (broad SMARTS) is 1. The van der Waals surface area contributed by atoms with Crippen LogP contribution in [0.25, 0.3) is 5.69 Å². The first-order valence-corrected chi connectivity index (χ1v) is 6.03. The fourth-order valence-electron chi connectivity index (χ4n) is 2.02. The number of benzene rings is 1. The van der Waals surface area contributed by atoms with Gasteiger partial charge in [-0.15, -0.1) is 5.10 Å². The second kappa shape index (κ2) is 4.15. The number of hydrogen-bond donors (Lipinski definition) is 1. The molecule has 0 aliphatic heterocycles. The highest BCUT2D eigenvalue weighted by atomic mass is 19.1. The maximum atomic E-state index is 13.6. The van der Waals surface area contributed by atoms with Gasteiger partial charge in [-0.1, -0.05) is 6.07 Å². The minimum atomic E-state index is -1.17. The molecule has 98 valence electrons. The summed E-state index contributed by atoms with van der Waals surface area (Å²) in [7, 11) is 0. The van der Waals surface area contributed by atoms with E-state index in [1.165, 1.54) is 10.7 Å². The van der Waals surface area contributed by atoms with Gasteiger partial charge in [0.1, 0.15) is 11.6 Å². The number of aromatic nitrogens is 3. The molecule has 19 heavy (non-hydrogen) atoms. The fourth-order valence-corrected chi connectivity index (χ4v) is 2.02. The van der Waals surface area contributed by atoms with Gasteiger partial charge in [0.05, 0.1) is 5.69 Å². The van der Waals surface area contributed by atoms with Crippen molar-refractivity contribution in [2.75, 3.05) is 0 Å². The summed E-state index contributed by atoms with van der Waals surface area (Å²) >= 11 is 0. The Balaban J connectivity index is 2.18. The minimum Gasteiger partial charge on any atom is -0.475 e. The van der Waals surface area contributed by atoms with E-state index >= 15 is 0 Å². The molecule has 1 saturated carbocycles. The van der Waals surface area contributed by atoms with Gasteiger partial charge in [0, 0.05) is 11.5 Å². The van der Waals surface area contributed by atoms with Gasteiger partial charge in [-0.2, -0.15) is 0 Å². The normalized spacial score (nSPS) is 14.6. The third-order valence-electron chi connectivity index (χ3n) is 3.23. The first-order chi connectivity index (χ1) is 9.08. The molecule has 0 saturated heterocycles. The van der Waals surface area contributed by atoms with E-state index in [2.05, 4.69) is 10.1 Å². The van der Waals surface area contributed by atoms with E-state index in [1.807, 2.05) is 0 Å². The molecule has 1 aliphatic carbocycles. The number of carbonyl (C=O) groups is 1. The van der Waals surface area contributed by atoms with E-state index in [-0.39, 0.29) is 17.6 Å². The standard InChI is InChI=1S/C13H12FN3O2/c1-7-9(14)3-2-4-10(7)17-12(8-5-6-8)15-11(16-17)13(18)19/h2-4,8H,5-6H2,1H3,(H,18,19). The van der Waals surface area contributed by atoms with Crippen molar-refractivity contribution in [2.24, 2.45) is 0 Å². The van der Waals surface area contributed by atoms with Gasteiger partial charge in [0.15, 0.2) is 0 Å². The van der Waals surface area contributed by atoms with Gasteiger partial charge >= 0.3 is 5.97 Å². The van der Waals surface area contributed by atoms with E-state index in [4.69, 9.17) is 5.11 Å². The van der Waals surface area contributed by atoms with Crippen LogP contribution in [0, 0.1) is 12.7 Å². The molecule has 6 heteroatoms. The van der Waals surface area contributed by atoms with E-state index in [9.17, 15) is 9.18 Å². The van der Waals surface area contributed by atoms with Crippen LogP contribution in [-0.4, -0.2) is 25.8 Å². The molecule has 1 heterocycles. The lowest BCUT2D eigenvalue weighted by Gasteiger charge is -2.08. The highest BCUT2D eigenvalue weighted by molar-refractivity contribution is 5.83. The maximum absolute atomic E-state index is 13.6. The predicted octanol–water partition coefficient (Wildman–Crippen LogP) is 2.29. The monoisotopic (exact) mass is 261 g/mol. The lowest BCUT2D eigenvalue weighted by Crippen LogP contribution is -2.06. The van der Waals surface area contributed by atoms with Crippen LogP contribution < -0.4 is 0 Å². The molecule has 2 aromatic rings.